The quantitative estimate of drug-likeness (QED) is 0.525. The molecule has 7 heteroatoms. The molecular weight excluding hydrogens is 378 g/mol. The number of morpholine rings is 1. The predicted molar refractivity (Wildman–Crippen MR) is 120 cm³/mol. The molecule has 2 fully saturated rings. The van der Waals surface area contributed by atoms with Crippen LogP contribution in [0.15, 0.2) is 29.3 Å². The second kappa shape index (κ2) is 10.8. The summed E-state index contributed by atoms with van der Waals surface area (Å²) in [5.41, 5.74) is 2.24. The number of benzene rings is 1. The van der Waals surface area contributed by atoms with Gasteiger partial charge in [0, 0.05) is 53.9 Å². The number of aliphatic imine (C=N–C) groups is 1. The van der Waals surface area contributed by atoms with Crippen LogP contribution in [0.2, 0.25) is 0 Å². The van der Waals surface area contributed by atoms with Gasteiger partial charge in [-0.25, -0.2) is 0 Å². The molecule has 0 aromatic heterocycles. The van der Waals surface area contributed by atoms with Gasteiger partial charge in [0.25, 0.3) is 0 Å². The van der Waals surface area contributed by atoms with Crippen LogP contribution in [0, 0.1) is 5.41 Å². The van der Waals surface area contributed by atoms with E-state index in [1.165, 1.54) is 11.1 Å². The first kappa shape index (κ1) is 22.6. The van der Waals surface area contributed by atoms with Crippen LogP contribution in [0.5, 0.6) is 0 Å². The predicted octanol–water partition coefficient (Wildman–Crippen LogP) is 1.83. The lowest BCUT2D eigenvalue weighted by Gasteiger charge is -2.31. The lowest BCUT2D eigenvalue weighted by molar-refractivity contribution is -0.138. The molecule has 1 aliphatic carbocycles. The summed E-state index contributed by atoms with van der Waals surface area (Å²) in [7, 11) is 5.46. The molecule has 1 aliphatic heterocycles. The maximum absolute atomic E-state index is 12.7. The summed E-state index contributed by atoms with van der Waals surface area (Å²) in [6.45, 7) is 5.97. The van der Waals surface area contributed by atoms with E-state index in [-0.39, 0.29) is 11.3 Å². The minimum absolute atomic E-state index is 0.221. The van der Waals surface area contributed by atoms with Crippen molar-refractivity contribution in [2.75, 3.05) is 54.0 Å². The fourth-order valence-electron chi connectivity index (χ4n) is 4.43. The molecule has 0 spiro atoms. The average Bonchev–Trinajstić information content (AvgIpc) is 3.25. The molecule has 1 aromatic rings. The summed E-state index contributed by atoms with van der Waals surface area (Å²) in [6.07, 6.45) is 4.12. The number of nitrogens with one attached hydrogen (secondary N) is 2. The third-order valence-corrected chi connectivity index (χ3v) is 6.23. The van der Waals surface area contributed by atoms with Crippen LogP contribution in [0.4, 0.5) is 0 Å². The number of hydrogen-bond acceptors (Lipinski definition) is 4. The van der Waals surface area contributed by atoms with Gasteiger partial charge in [0.2, 0.25) is 5.91 Å². The molecular formula is C23H37N5O2. The van der Waals surface area contributed by atoms with Crippen molar-refractivity contribution in [2.45, 2.75) is 38.8 Å². The molecule has 3 rings (SSSR count). The number of ether oxygens (including phenoxy) is 1. The molecule has 2 N–H and O–H groups in total. The van der Waals surface area contributed by atoms with Crippen molar-refractivity contribution < 1.29 is 9.53 Å². The Labute approximate surface area is 180 Å². The highest BCUT2D eigenvalue weighted by Crippen LogP contribution is 2.38. The number of carbonyl (C=O) groups excluding carboxylic acids is 1. The average molecular weight is 416 g/mol. The van der Waals surface area contributed by atoms with E-state index in [1.54, 1.807) is 11.9 Å². The van der Waals surface area contributed by atoms with E-state index >= 15 is 0 Å². The van der Waals surface area contributed by atoms with Crippen LogP contribution < -0.4 is 10.6 Å². The van der Waals surface area contributed by atoms with Gasteiger partial charge in [-0.15, -0.1) is 0 Å². The fourth-order valence-corrected chi connectivity index (χ4v) is 4.43. The van der Waals surface area contributed by atoms with Crippen LogP contribution in [-0.2, 0) is 22.6 Å². The zero-order valence-electron chi connectivity index (χ0n) is 18.7. The van der Waals surface area contributed by atoms with Crippen LogP contribution in [0.25, 0.3) is 0 Å². The van der Waals surface area contributed by atoms with Crippen LogP contribution >= 0.6 is 0 Å². The first-order valence-corrected chi connectivity index (χ1v) is 11.1. The Morgan fingerprint density at radius 3 is 2.33 bits per heavy atom. The molecule has 1 aromatic carbocycles. The van der Waals surface area contributed by atoms with Gasteiger partial charge in [0.05, 0.1) is 18.6 Å². The minimum Gasteiger partial charge on any atom is -0.379 e. The second-order valence-electron chi connectivity index (χ2n) is 8.67. The van der Waals surface area contributed by atoms with E-state index in [1.807, 2.05) is 14.1 Å². The van der Waals surface area contributed by atoms with Crippen molar-refractivity contribution in [1.29, 1.82) is 0 Å². The number of amides is 1. The summed E-state index contributed by atoms with van der Waals surface area (Å²) < 4.78 is 5.42. The molecule has 0 atom stereocenters. The molecule has 7 nitrogen and oxygen atoms in total. The number of carbonyl (C=O) groups is 1. The lowest BCUT2D eigenvalue weighted by Crippen LogP contribution is -2.49. The Bertz CT molecular complexity index is 705. The fraction of sp³-hybridized carbons (Fsp3) is 0.652. The molecule has 0 bridgehead atoms. The van der Waals surface area contributed by atoms with Crippen molar-refractivity contribution in [2.24, 2.45) is 10.4 Å². The highest BCUT2D eigenvalue weighted by Gasteiger charge is 2.42. The summed E-state index contributed by atoms with van der Waals surface area (Å²) in [5, 5.41) is 6.78. The van der Waals surface area contributed by atoms with Gasteiger partial charge in [0.15, 0.2) is 5.96 Å². The number of nitrogens with zero attached hydrogens (tertiary/aromatic N) is 3. The highest BCUT2D eigenvalue weighted by molar-refractivity contribution is 5.85. The number of hydrogen-bond donors (Lipinski definition) is 2. The monoisotopic (exact) mass is 415 g/mol. The third-order valence-electron chi connectivity index (χ3n) is 6.23. The Kier molecular flexibility index (Phi) is 8.10. The van der Waals surface area contributed by atoms with Gasteiger partial charge in [-0.3, -0.25) is 14.7 Å². The lowest BCUT2D eigenvalue weighted by atomic mass is 9.84. The highest BCUT2D eigenvalue weighted by atomic mass is 16.5. The van der Waals surface area contributed by atoms with E-state index in [4.69, 9.17) is 4.74 Å². The van der Waals surface area contributed by atoms with Gasteiger partial charge in [-0.1, -0.05) is 37.1 Å². The first-order valence-electron chi connectivity index (χ1n) is 11.1. The maximum atomic E-state index is 12.7. The van der Waals surface area contributed by atoms with E-state index in [0.717, 1.165) is 64.5 Å². The minimum atomic E-state index is -0.303. The van der Waals surface area contributed by atoms with Crippen LogP contribution in [-0.4, -0.2) is 75.7 Å². The van der Waals surface area contributed by atoms with Gasteiger partial charge in [-0.05, 0) is 24.0 Å². The third kappa shape index (κ3) is 5.95. The van der Waals surface area contributed by atoms with E-state index in [9.17, 15) is 4.79 Å². The first-order chi connectivity index (χ1) is 14.5. The number of rotatable bonds is 7. The SMILES string of the molecule is CN=C(NCc1ccc(CN2CCOCC2)cc1)NCC1(C(=O)N(C)C)CCCC1. The van der Waals surface area contributed by atoms with Crippen molar-refractivity contribution >= 4 is 11.9 Å². The van der Waals surface area contributed by atoms with Crippen molar-refractivity contribution in [3.8, 4) is 0 Å². The summed E-state index contributed by atoms with van der Waals surface area (Å²) >= 11 is 0. The van der Waals surface area contributed by atoms with Crippen LogP contribution in [0.3, 0.4) is 0 Å². The standard InChI is InChI=1S/C23H37N5O2/c1-24-22(26-18-23(10-4-5-11-23)21(29)27(2)3)25-16-19-6-8-20(9-7-19)17-28-12-14-30-15-13-28/h6-9H,4-5,10-18H2,1-3H3,(H2,24,25,26). The topological polar surface area (TPSA) is 69.2 Å². The zero-order chi connectivity index (χ0) is 21.4. The molecule has 166 valence electrons. The smallest absolute Gasteiger partial charge is 0.230 e. The molecule has 1 amide bonds. The van der Waals surface area contributed by atoms with E-state index in [0.29, 0.717) is 13.1 Å². The molecule has 30 heavy (non-hydrogen) atoms. The Morgan fingerprint density at radius 2 is 1.73 bits per heavy atom. The van der Waals surface area contributed by atoms with Crippen molar-refractivity contribution in [3.63, 3.8) is 0 Å². The molecule has 0 radical (unpaired) electrons. The molecule has 1 heterocycles. The van der Waals surface area contributed by atoms with E-state index < -0.39 is 0 Å². The normalized spacial score (nSPS) is 19.5. The van der Waals surface area contributed by atoms with Crippen molar-refractivity contribution in [3.05, 3.63) is 35.4 Å². The van der Waals surface area contributed by atoms with Gasteiger partial charge >= 0.3 is 0 Å². The van der Waals surface area contributed by atoms with Gasteiger partial charge < -0.3 is 20.3 Å². The number of guanidine groups is 1. The molecule has 0 unspecified atom stereocenters. The van der Waals surface area contributed by atoms with Crippen LogP contribution in [0.1, 0.15) is 36.8 Å². The van der Waals surface area contributed by atoms with Crippen molar-refractivity contribution in [1.82, 2.24) is 20.4 Å². The molecule has 2 aliphatic rings. The largest absolute Gasteiger partial charge is 0.379 e. The Hall–Kier alpha value is -2.12. The maximum Gasteiger partial charge on any atom is 0.230 e. The Morgan fingerprint density at radius 1 is 1.10 bits per heavy atom. The summed E-state index contributed by atoms with van der Waals surface area (Å²) in [6, 6.07) is 8.74. The second-order valence-corrected chi connectivity index (χ2v) is 8.67. The van der Waals surface area contributed by atoms with E-state index in [2.05, 4.69) is 44.8 Å². The summed E-state index contributed by atoms with van der Waals surface area (Å²) in [5.74, 6) is 0.962. The summed E-state index contributed by atoms with van der Waals surface area (Å²) in [4.78, 5) is 21.2. The zero-order valence-corrected chi connectivity index (χ0v) is 18.7. The van der Waals surface area contributed by atoms with Gasteiger partial charge in [0.1, 0.15) is 0 Å². The Balaban J connectivity index is 1.48. The molecule has 1 saturated heterocycles. The van der Waals surface area contributed by atoms with Gasteiger partial charge in [-0.2, -0.15) is 0 Å². The molecule has 1 saturated carbocycles.